The molecule has 9 heteroatoms. The molecule has 3 unspecified atom stereocenters. The fraction of sp³-hybridized carbons (Fsp3) is 0.438. The van der Waals surface area contributed by atoms with Crippen LogP contribution in [0.25, 0.3) is 22.6 Å². The van der Waals surface area contributed by atoms with Gasteiger partial charge in [-0.15, -0.1) is 0 Å². The van der Waals surface area contributed by atoms with Crippen LogP contribution in [-0.2, 0) is 0 Å². The van der Waals surface area contributed by atoms with Crippen molar-refractivity contribution in [3.63, 3.8) is 0 Å². The van der Waals surface area contributed by atoms with Crippen LogP contribution in [0, 0.1) is 5.82 Å². The molecular weight excluding hydrogens is 541 g/mol. The molecule has 0 aliphatic carbocycles. The molecule has 0 amide bonds. The number of anilines is 1. The van der Waals surface area contributed by atoms with Crippen molar-refractivity contribution in [1.29, 1.82) is 0 Å². The van der Waals surface area contributed by atoms with Crippen molar-refractivity contribution in [2.45, 2.75) is 57.2 Å². The van der Waals surface area contributed by atoms with Gasteiger partial charge in [-0.25, -0.2) is 4.39 Å². The van der Waals surface area contributed by atoms with Crippen LogP contribution in [0.4, 0.5) is 10.2 Å². The molecule has 3 fully saturated rings. The van der Waals surface area contributed by atoms with E-state index in [9.17, 15) is 5.11 Å². The number of fused-ring (bicyclic) bond motifs is 3. The molecule has 2 aromatic carbocycles. The smallest absolute Gasteiger partial charge is 0.319 e. The highest BCUT2D eigenvalue weighted by atomic mass is 35.5. The summed E-state index contributed by atoms with van der Waals surface area (Å²) >= 11 is 6.73. The average Bonchev–Trinajstić information content (AvgIpc) is 3.52. The van der Waals surface area contributed by atoms with Crippen LogP contribution in [0.2, 0.25) is 5.02 Å². The first-order valence-corrected chi connectivity index (χ1v) is 14.9. The van der Waals surface area contributed by atoms with Gasteiger partial charge in [-0.1, -0.05) is 41.9 Å². The van der Waals surface area contributed by atoms with E-state index in [1.54, 1.807) is 19.1 Å². The number of nitrogens with zero attached hydrogens (tertiary/aromatic N) is 4. The Morgan fingerprint density at radius 3 is 2.63 bits per heavy atom. The van der Waals surface area contributed by atoms with E-state index >= 15 is 4.39 Å². The second-order valence-electron chi connectivity index (χ2n) is 11.5. The van der Waals surface area contributed by atoms with E-state index < -0.39 is 5.82 Å². The predicted molar refractivity (Wildman–Crippen MR) is 163 cm³/mol. The number of hydrogen-bond acceptors (Lipinski definition) is 7. The molecule has 3 aliphatic rings. The van der Waals surface area contributed by atoms with Crippen LogP contribution in [-0.4, -0.2) is 71.4 Å². The number of nitrogens with one attached hydrogen (secondary N) is 1. The topological polar surface area (TPSA) is 73.8 Å². The minimum Gasteiger partial charge on any atom is -0.508 e. The van der Waals surface area contributed by atoms with E-state index in [-0.39, 0.29) is 27.9 Å². The Morgan fingerprint density at radius 1 is 1.17 bits per heavy atom. The molecule has 3 aliphatic heterocycles. The van der Waals surface area contributed by atoms with Gasteiger partial charge in [0.15, 0.2) is 5.82 Å². The van der Waals surface area contributed by atoms with Crippen LogP contribution < -0.4 is 15.0 Å². The van der Waals surface area contributed by atoms with Crippen molar-refractivity contribution in [2.24, 2.45) is 0 Å². The lowest BCUT2D eigenvalue weighted by Crippen LogP contribution is -2.51. The monoisotopic (exact) mass is 577 g/mol. The normalized spacial score (nSPS) is 23.5. The average molecular weight is 578 g/mol. The minimum absolute atomic E-state index is 0.00448. The molecule has 1 aromatic heterocycles. The maximum atomic E-state index is 16.4. The summed E-state index contributed by atoms with van der Waals surface area (Å²) in [5, 5.41) is 15.1. The predicted octanol–water partition coefficient (Wildman–Crippen LogP) is 6.23. The first-order chi connectivity index (χ1) is 19.9. The van der Waals surface area contributed by atoms with Crippen molar-refractivity contribution in [3.8, 4) is 6.01 Å². The summed E-state index contributed by atoms with van der Waals surface area (Å²) in [4.78, 5) is 14.0. The molecule has 0 spiro atoms. The number of likely N-dealkylation sites (tertiary alicyclic amines) is 1. The molecule has 2 bridgehead atoms. The Bertz CT molecular complexity index is 1470. The number of hydrogen-bond donors (Lipinski definition) is 2. The molecular formula is C32H37ClFN5O2. The Kier molecular flexibility index (Phi) is 8.15. The van der Waals surface area contributed by atoms with Gasteiger partial charge in [0.1, 0.15) is 17.1 Å². The zero-order valence-electron chi connectivity index (χ0n) is 23.6. The summed E-state index contributed by atoms with van der Waals surface area (Å²) in [7, 11) is 2.14. The summed E-state index contributed by atoms with van der Waals surface area (Å²) in [6, 6.07) is 12.6. The van der Waals surface area contributed by atoms with Crippen molar-refractivity contribution in [1.82, 2.24) is 20.2 Å². The lowest BCUT2D eigenvalue weighted by atomic mass is 10.0. The summed E-state index contributed by atoms with van der Waals surface area (Å²) in [6.07, 6.45) is 8.60. The van der Waals surface area contributed by atoms with Gasteiger partial charge in [0.25, 0.3) is 0 Å². The van der Waals surface area contributed by atoms with E-state index in [1.165, 1.54) is 12.5 Å². The summed E-state index contributed by atoms with van der Waals surface area (Å²) in [6.45, 7) is 4.87. The molecule has 0 saturated carbocycles. The summed E-state index contributed by atoms with van der Waals surface area (Å²) in [5.74, 6) is 0.114. The molecule has 2 N–H and O–H groups in total. The Hall–Kier alpha value is -3.20. The second kappa shape index (κ2) is 12.0. The zero-order valence-corrected chi connectivity index (χ0v) is 24.4. The number of aliphatic hydroxyl groups excluding tert-OH is 1. The number of halogens is 2. The van der Waals surface area contributed by atoms with Crippen LogP contribution >= 0.6 is 11.6 Å². The van der Waals surface area contributed by atoms with Crippen molar-refractivity contribution < 1.29 is 14.2 Å². The molecule has 3 aromatic rings. The van der Waals surface area contributed by atoms with Gasteiger partial charge in [-0.3, -0.25) is 0 Å². The van der Waals surface area contributed by atoms with Crippen molar-refractivity contribution in [2.75, 3.05) is 38.2 Å². The second-order valence-corrected chi connectivity index (χ2v) is 11.9. The van der Waals surface area contributed by atoms with Gasteiger partial charge in [0, 0.05) is 42.2 Å². The van der Waals surface area contributed by atoms with Crippen LogP contribution in [0.15, 0.2) is 48.2 Å². The third-order valence-corrected chi connectivity index (χ3v) is 8.88. The number of aliphatic hydroxyl groups is 1. The number of aromatic nitrogens is 2. The van der Waals surface area contributed by atoms with E-state index in [2.05, 4.69) is 27.1 Å². The van der Waals surface area contributed by atoms with Gasteiger partial charge in [0.2, 0.25) is 0 Å². The Balaban J connectivity index is 1.36. The highest BCUT2D eigenvalue weighted by Gasteiger charge is 2.34. The minimum atomic E-state index is -0.545. The van der Waals surface area contributed by atoms with Gasteiger partial charge in [0.05, 0.1) is 11.6 Å². The molecule has 4 heterocycles. The van der Waals surface area contributed by atoms with E-state index in [1.807, 2.05) is 30.3 Å². The standard InChI is InChI=1S/C32H37ClFN5O2/c1-20(15-25(40)16-21-7-4-3-5-8-21)28-27(33)17-26-30(29(28)34)36-32(41-14-12-24-9-6-13-38(24)2)37-31(26)39-18-22-10-11-23(19-39)35-22/h3-5,7-8,15-17,22-24,35,40H,6,9-14,18-19H2,1-2H3/b20-15+,25-16+. The number of allylic oxidation sites excluding steroid dienone is 2. The molecule has 216 valence electrons. The van der Waals surface area contributed by atoms with Crippen LogP contribution in [0.1, 0.15) is 50.2 Å². The van der Waals surface area contributed by atoms with E-state index in [4.69, 9.17) is 21.3 Å². The van der Waals surface area contributed by atoms with E-state index in [0.29, 0.717) is 41.5 Å². The Morgan fingerprint density at radius 2 is 1.93 bits per heavy atom. The number of ether oxygens (including phenoxy) is 1. The number of piperazine rings is 1. The van der Waals surface area contributed by atoms with Gasteiger partial charge in [-0.05, 0) is 82.0 Å². The van der Waals surface area contributed by atoms with Gasteiger partial charge in [-0.2, -0.15) is 9.97 Å². The van der Waals surface area contributed by atoms with Gasteiger partial charge < -0.3 is 25.0 Å². The first kappa shape index (κ1) is 27.9. The van der Waals surface area contributed by atoms with E-state index in [0.717, 1.165) is 50.9 Å². The molecule has 0 radical (unpaired) electrons. The first-order valence-electron chi connectivity index (χ1n) is 14.5. The Labute approximate surface area is 245 Å². The van der Waals surface area contributed by atoms with Gasteiger partial charge >= 0.3 is 6.01 Å². The molecule has 7 nitrogen and oxygen atoms in total. The summed E-state index contributed by atoms with van der Waals surface area (Å²) in [5.41, 5.74) is 1.71. The maximum Gasteiger partial charge on any atom is 0.319 e. The molecule has 3 atom stereocenters. The quantitative estimate of drug-likeness (QED) is 0.243. The third-order valence-electron chi connectivity index (χ3n) is 8.58. The molecule has 3 saturated heterocycles. The lowest BCUT2D eigenvalue weighted by Gasteiger charge is -2.34. The zero-order chi connectivity index (χ0) is 28.5. The van der Waals surface area contributed by atoms with Crippen molar-refractivity contribution in [3.05, 3.63) is 70.2 Å². The van der Waals surface area contributed by atoms with Crippen LogP contribution in [0.5, 0.6) is 6.01 Å². The fourth-order valence-corrected chi connectivity index (χ4v) is 6.82. The number of rotatable bonds is 8. The fourth-order valence-electron chi connectivity index (χ4n) is 6.48. The molecule has 41 heavy (non-hydrogen) atoms. The van der Waals surface area contributed by atoms with Crippen molar-refractivity contribution >= 4 is 40.0 Å². The van der Waals surface area contributed by atoms with Crippen LogP contribution in [0.3, 0.4) is 0 Å². The highest BCUT2D eigenvalue weighted by molar-refractivity contribution is 6.33. The maximum absolute atomic E-state index is 16.4. The SMILES string of the molecule is C/C(=C\C(O)=C/c1ccccc1)c1c(Cl)cc2c(N3CC4CCC(C3)N4)nc(OCCC3CCCN3C)nc2c1F. The largest absolute Gasteiger partial charge is 0.508 e. The lowest BCUT2D eigenvalue weighted by molar-refractivity contribution is 0.223. The third kappa shape index (κ3) is 6.05. The number of benzene rings is 2. The highest BCUT2D eigenvalue weighted by Crippen LogP contribution is 2.38. The summed E-state index contributed by atoms with van der Waals surface area (Å²) < 4.78 is 22.4. The molecule has 6 rings (SSSR count).